The quantitative estimate of drug-likeness (QED) is 0.356. The minimum Gasteiger partial charge on any atom is -0.494 e. The lowest BCUT2D eigenvalue weighted by atomic mass is 10.1. The van der Waals surface area contributed by atoms with Crippen LogP contribution < -0.4 is 15.0 Å². The zero-order chi connectivity index (χ0) is 27.1. The molecule has 0 saturated carbocycles. The van der Waals surface area contributed by atoms with E-state index in [1.807, 2.05) is 37.3 Å². The lowest BCUT2D eigenvalue weighted by Gasteiger charge is -2.25. The van der Waals surface area contributed by atoms with E-state index >= 15 is 0 Å². The fourth-order valence-corrected chi connectivity index (χ4v) is 4.14. The average molecular weight is 515 g/mol. The lowest BCUT2D eigenvalue weighted by molar-refractivity contribution is -0.114. The molecule has 196 valence electrons. The van der Waals surface area contributed by atoms with Gasteiger partial charge in [-0.25, -0.2) is 9.59 Å². The lowest BCUT2D eigenvalue weighted by Crippen LogP contribution is -2.30. The highest BCUT2D eigenvalue weighted by Crippen LogP contribution is 2.37. The van der Waals surface area contributed by atoms with Gasteiger partial charge < -0.3 is 19.5 Å². The van der Waals surface area contributed by atoms with Crippen LogP contribution in [-0.4, -0.2) is 37.7 Å². The van der Waals surface area contributed by atoms with E-state index < -0.39 is 18.0 Å². The topological polar surface area (TPSA) is 94.2 Å². The third kappa shape index (κ3) is 5.86. The van der Waals surface area contributed by atoms with Gasteiger partial charge in [0.2, 0.25) is 0 Å². The summed E-state index contributed by atoms with van der Waals surface area (Å²) in [5.41, 5.74) is 3.41. The molecule has 1 aliphatic rings. The van der Waals surface area contributed by atoms with Crippen molar-refractivity contribution in [3.05, 3.63) is 101 Å². The number of benzene rings is 3. The highest BCUT2D eigenvalue weighted by atomic mass is 16.5. The van der Waals surface area contributed by atoms with Crippen molar-refractivity contribution in [1.82, 2.24) is 0 Å². The Labute approximate surface area is 221 Å². The molecule has 0 aromatic heterocycles. The number of nitrogens with zero attached hydrogens (tertiary/aromatic N) is 1. The molecule has 1 amide bonds. The number of carbonyl (C=O) groups is 3. The van der Waals surface area contributed by atoms with Crippen LogP contribution in [0, 0.1) is 0 Å². The highest BCUT2D eigenvalue weighted by Gasteiger charge is 2.35. The van der Waals surface area contributed by atoms with Crippen LogP contribution in [0.1, 0.15) is 53.1 Å². The standard InChI is InChI=1S/C30H30N2O6/c1-4-36-25-17-11-20(12-18-25)27-19-26(31-23-13-7-21(8-14-23)29(34)37-5-2)28(33)32(27)24-15-9-22(10-16-24)30(35)38-6-3/h7-19,27,31H,4-6H2,1-3H3/t27-/m0/s1. The molecule has 0 bridgehead atoms. The molecule has 3 aromatic carbocycles. The third-order valence-electron chi connectivity index (χ3n) is 5.92. The first-order chi connectivity index (χ1) is 18.4. The van der Waals surface area contributed by atoms with E-state index in [1.54, 1.807) is 67.3 Å². The molecule has 38 heavy (non-hydrogen) atoms. The van der Waals surface area contributed by atoms with Gasteiger partial charge in [-0.3, -0.25) is 9.69 Å². The summed E-state index contributed by atoms with van der Waals surface area (Å²) >= 11 is 0. The minimum atomic E-state index is -0.415. The number of carbonyl (C=O) groups excluding carboxylic acids is 3. The van der Waals surface area contributed by atoms with Gasteiger partial charge in [0.15, 0.2) is 0 Å². The van der Waals surface area contributed by atoms with Crippen molar-refractivity contribution in [2.24, 2.45) is 0 Å². The van der Waals surface area contributed by atoms with Gasteiger partial charge in [-0.2, -0.15) is 0 Å². The molecule has 0 spiro atoms. The maximum Gasteiger partial charge on any atom is 0.338 e. The van der Waals surface area contributed by atoms with Crippen molar-refractivity contribution in [3.63, 3.8) is 0 Å². The van der Waals surface area contributed by atoms with Gasteiger partial charge in [0.1, 0.15) is 11.4 Å². The highest BCUT2D eigenvalue weighted by molar-refractivity contribution is 6.11. The first-order valence-electron chi connectivity index (χ1n) is 12.5. The Morgan fingerprint density at radius 1 is 0.763 bits per heavy atom. The first kappa shape index (κ1) is 26.5. The number of rotatable bonds is 10. The maximum atomic E-state index is 13.6. The number of ether oxygens (including phenoxy) is 3. The predicted octanol–water partition coefficient (Wildman–Crippen LogP) is 5.52. The number of hydrogen-bond donors (Lipinski definition) is 1. The van der Waals surface area contributed by atoms with E-state index in [9.17, 15) is 14.4 Å². The Bertz CT molecular complexity index is 1310. The molecule has 3 aromatic rings. The molecule has 0 unspecified atom stereocenters. The largest absolute Gasteiger partial charge is 0.494 e. The number of anilines is 2. The number of amides is 1. The molecule has 4 rings (SSSR count). The van der Waals surface area contributed by atoms with Crippen LogP contribution in [0.2, 0.25) is 0 Å². The number of nitrogens with one attached hydrogen (secondary N) is 1. The Morgan fingerprint density at radius 3 is 1.84 bits per heavy atom. The third-order valence-corrected chi connectivity index (χ3v) is 5.92. The van der Waals surface area contributed by atoms with Crippen LogP contribution in [-0.2, 0) is 14.3 Å². The molecule has 1 heterocycles. The fraction of sp³-hybridized carbons (Fsp3) is 0.233. The summed E-state index contributed by atoms with van der Waals surface area (Å²) in [6.45, 7) is 6.56. The first-order valence-corrected chi connectivity index (χ1v) is 12.5. The summed E-state index contributed by atoms with van der Waals surface area (Å²) in [7, 11) is 0. The smallest absolute Gasteiger partial charge is 0.338 e. The number of esters is 2. The summed E-state index contributed by atoms with van der Waals surface area (Å²) in [5, 5.41) is 3.19. The van der Waals surface area contributed by atoms with E-state index in [0.29, 0.717) is 41.4 Å². The zero-order valence-electron chi connectivity index (χ0n) is 21.6. The number of hydrogen-bond acceptors (Lipinski definition) is 7. The Hall–Kier alpha value is -4.59. The van der Waals surface area contributed by atoms with Crippen LogP contribution in [0.3, 0.4) is 0 Å². The van der Waals surface area contributed by atoms with Gasteiger partial charge in [-0.15, -0.1) is 0 Å². The molecule has 8 nitrogen and oxygen atoms in total. The monoisotopic (exact) mass is 514 g/mol. The second-order valence-corrected chi connectivity index (χ2v) is 8.39. The Balaban J connectivity index is 1.63. The summed E-state index contributed by atoms with van der Waals surface area (Å²) in [6.07, 6.45) is 1.86. The normalized spacial score (nSPS) is 14.6. The summed E-state index contributed by atoms with van der Waals surface area (Å²) in [6, 6.07) is 20.7. The second kappa shape index (κ2) is 12.1. The fourth-order valence-electron chi connectivity index (χ4n) is 4.14. The van der Waals surface area contributed by atoms with E-state index in [0.717, 1.165) is 11.3 Å². The average Bonchev–Trinajstić information content (AvgIpc) is 3.25. The Morgan fingerprint density at radius 2 is 1.32 bits per heavy atom. The molecule has 1 N–H and O–H groups in total. The SMILES string of the molecule is CCOC(=O)c1ccc(NC2=C[C@@H](c3ccc(OCC)cc3)N(c3ccc(C(=O)OCC)cc3)C2=O)cc1. The molecule has 0 radical (unpaired) electrons. The molecular weight excluding hydrogens is 484 g/mol. The van der Waals surface area contributed by atoms with Crippen LogP contribution >= 0.6 is 0 Å². The van der Waals surface area contributed by atoms with Crippen molar-refractivity contribution in [2.75, 3.05) is 30.0 Å². The van der Waals surface area contributed by atoms with Crippen molar-refractivity contribution in [2.45, 2.75) is 26.8 Å². The maximum absolute atomic E-state index is 13.6. The van der Waals surface area contributed by atoms with Crippen LogP contribution in [0.25, 0.3) is 0 Å². The van der Waals surface area contributed by atoms with E-state index in [-0.39, 0.29) is 12.5 Å². The van der Waals surface area contributed by atoms with Gasteiger partial charge in [0.25, 0.3) is 5.91 Å². The second-order valence-electron chi connectivity index (χ2n) is 8.39. The van der Waals surface area contributed by atoms with Crippen molar-refractivity contribution >= 4 is 29.2 Å². The van der Waals surface area contributed by atoms with Gasteiger partial charge >= 0.3 is 11.9 Å². The molecule has 0 aliphatic carbocycles. The molecular formula is C30H30N2O6. The molecule has 8 heteroatoms. The van der Waals surface area contributed by atoms with E-state index in [2.05, 4.69) is 5.32 Å². The minimum absolute atomic E-state index is 0.234. The van der Waals surface area contributed by atoms with Gasteiger partial charge in [-0.05, 0) is 93.1 Å². The van der Waals surface area contributed by atoms with E-state index in [1.165, 1.54) is 0 Å². The predicted molar refractivity (Wildman–Crippen MR) is 144 cm³/mol. The van der Waals surface area contributed by atoms with Gasteiger partial charge in [0.05, 0.1) is 37.0 Å². The molecule has 1 aliphatic heterocycles. The van der Waals surface area contributed by atoms with Crippen molar-refractivity contribution in [1.29, 1.82) is 0 Å². The van der Waals surface area contributed by atoms with Crippen LogP contribution in [0.5, 0.6) is 5.75 Å². The molecule has 0 saturated heterocycles. The zero-order valence-corrected chi connectivity index (χ0v) is 21.6. The van der Waals surface area contributed by atoms with E-state index in [4.69, 9.17) is 14.2 Å². The van der Waals surface area contributed by atoms with Crippen molar-refractivity contribution in [3.8, 4) is 5.75 Å². The molecule has 0 fully saturated rings. The van der Waals surface area contributed by atoms with Gasteiger partial charge in [0, 0.05) is 11.4 Å². The molecule has 1 atom stereocenters. The summed E-state index contributed by atoms with van der Waals surface area (Å²) < 4.78 is 15.7. The van der Waals surface area contributed by atoms with Crippen molar-refractivity contribution < 1.29 is 28.6 Å². The van der Waals surface area contributed by atoms with Gasteiger partial charge in [-0.1, -0.05) is 12.1 Å². The van der Waals surface area contributed by atoms with Crippen LogP contribution in [0.4, 0.5) is 11.4 Å². The Kier molecular flexibility index (Phi) is 8.43. The summed E-state index contributed by atoms with van der Waals surface area (Å²) in [5.74, 6) is -0.304. The van der Waals surface area contributed by atoms with Crippen LogP contribution in [0.15, 0.2) is 84.6 Å². The summed E-state index contributed by atoms with van der Waals surface area (Å²) in [4.78, 5) is 39.4.